The Bertz CT molecular complexity index is 565. The molecule has 2 rings (SSSR count). The number of imidazole rings is 1. The average molecular weight is 271 g/mol. The summed E-state index contributed by atoms with van der Waals surface area (Å²) in [4.78, 5) is 15.8. The number of amides is 1. The highest BCUT2D eigenvalue weighted by atomic mass is 16.2. The monoisotopic (exact) mass is 271 g/mol. The van der Waals surface area contributed by atoms with Crippen molar-refractivity contribution in [2.75, 3.05) is 0 Å². The molecule has 2 aromatic rings. The summed E-state index contributed by atoms with van der Waals surface area (Å²) in [5, 5.41) is 2.94. The number of carbonyl (C=O) groups excluding carboxylic acids is 1. The topological polar surface area (TPSA) is 46.9 Å². The van der Waals surface area contributed by atoms with Gasteiger partial charge in [-0.15, -0.1) is 0 Å². The van der Waals surface area contributed by atoms with E-state index in [2.05, 4.69) is 55.3 Å². The van der Waals surface area contributed by atoms with Gasteiger partial charge in [-0.25, -0.2) is 9.78 Å². The van der Waals surface area contributed by atoms with E-state index in [1.54, 1.807) is 12.4 Å². The number of hydrogen-bond donors (Lipinski definition) is 1. The molecular weight excluding hydrogens is 250 g/mol. The quantitative estimate of drug-likeness (QED) is 0.908. The maximum absolute atomic E-state index is 11.9. The molecule has 1 N–H and O–H groups in total. The smallest absolute Gasteiger partial charge is 0.327 e. The van der Waals surface area contributed by atoms with Crippen LogP contribution in [-0.4, -0.2) is 15.6 Å². The Morgan fingerprint density at radius 1 is 1.25 bits per heavy atom. The van der Waals surface area contributed by atoms with Crippen molar-refractivity contribution in [2.45, 2.75) is 39.2 Å². The second-order valence-corrected chi connectivity index (χ2v) is 6.01. The lowest BCUT2D eigenvalue weighted by molar-refractivity contribution is 0.239. The van der Waals surface area contributed by atoms with Gasteiger partial charge >= 0.3 is 6.03 Å². The normalized spacial score (nSPS) is 13.0. The van der Waals surface area contributed by atoms with Crippen LogP contribution in [0.15, 0.2) is 43.0 Å². The summed E-state index contributed by atoms with van der Waals surface area (Å²) < 4.78 is 1.43. The van der Waals surface area contributed by atoms with Gasteiger partial charge in [-0.1, -0.05) is 45.0 Å². The van der Waals surface area contributed by atoms with Crippen LogP contribution in [0.2, 0.25) is 0 Å². The van der Waals surface area contributed by atoms with E-state index >= 15 is 0 Å². The maximum atomic E-state index is 11.9. The van der Waals surface area contributed by atoms with Crippen molar-refractivity contribution in [2.24, 2.45) is 0 Å². The van der Waals surface area contributed by atoms with Crippen LogP contribution in [0.4, 0.5) is 4.79 Å². The molecule has 4 nitrogen and oxygen atoms in total. The van der Waals surface area contributed by atoms with Crippen molar-refractivity contribution >= 4 is 6.03 Å². The van der Waals surface area contributed by atoms with Crippen LogP contribution in [0.25, 0.3) is 0 Å². The molecule has 0 saturated heterocycles. The highest BCUT2D eigenvalue weighted by Gasteiger charge is 2.15. The Balaban J connectivity index is 2.06. The SMILES string of the molecule is CC(NC(=O)n1ccnc1)c1ccc(C(C)(C)C)cc1. The first kappa shape index (κ1) is 14.3. The molecule has 4 heteroatoms. The highest BCUT2D eigenvalue weighted by molar-refractivity contribution is 5.76. The van der Waals surface area contributed by atoms with E-state index in [-0.39, 0.29) is 17.5 Å². The maximum Gasteiger partial charge on any atom is 0.327 e. The molecule has 1 aromatic carbocycles. The molecule has 1 atom stereocenters. The third-order valence-electron chi connectivity index (χ3n) is 3.36. The van der Waals surface area contributed by atoms with Crippen LogP contribution in [0.5, 0.6) is 0 Å². The zero-order valence-electron chi connectivity index (χ0n) is 12.4. The molecule has 0 radical (unpaired) electrons. The van der Waals surface area contributed by atoms with Crippen LogP contribution in [-0.2, 0) is 5.41 Å². The molecule has 1 unspecified atom stereocenters. The standard InChI is InChI=1S/C16H21N3O/c1-12(18-15(20)19-10-9-17-11-19)13-5-7-14(8-6-13)16(2,3)4/h5-12H,1-4H3,(H,18,20). The van der Waals surface area contributed by atoms with E-state index in [9.17, 15) is 4.79 Å². The van der Waals surface area contributed by atoms with Gasteiger partial charge in [-0.3, -0.25) is 4.57 Å². The molecule has 0 bridgehead atoms. The summed E-state index contributed by atoms with van der Waals surface area (Å²) in [5.41, 5.74) is 2.52. The highest BCUT2D eigenvalue weighted by Crippen LogP contribution is 2.23. The Morgan fingerprint density at radius 3 is 2.40 bits per heavy atom. The van der Waals surface area contributed by atoms with Gasteiger partial charge in [-0.05, 0) is 23.5 Å². The van der Waals surface area contributed by atoms with Crippen LogP contribution >= 0.6 is 0 Å². The van der Waals surface area contributed by atoms with E-state index in [1.807, 2.05) is 6.92 Å². The number of benzene rings is 1. The fourth-order valence-corrected chi connectivity index (χ4v) is 1.99. The van der Waals surface area contributed by atoms with Crippen molar-refractivity contribution in [1.82, 2.24) is 14.9 Å². The summed E-state index contributed by atoms with van der Waals surface area (Å²) in [7, 11) is 0. The van der Waals surface area contributed by atoms with Crippen molar-refractivity contribution in [1.29, 1.82) is 0 Å². The molecule has 0 spiro atoms. The van der Waals surface area contributed by atoms with E-state index < -0.39 is 0 Å². The van der Waals surface area contributed by atoms with Gasteiger partial charge in [0.15, 0.2) is 0 Å². The number of nitrogens with zero attached hydrogens (tertiary/aromatic N) is 2. The molecule has 1 aromatic heterocycles. The van der Waals surface area contributed by atoms with E-state index in [1.165, 1.54) is 16.5 Å². The molecule has 1 amide bonds. The lowest BCUT2D eigenvalue weighted by Crippen LogP contribution is -2.30. The van der Waals surface area contributed by atoms with Gasteiger partial charge in [-0.2, -0.15) is 0 Å². The predicted molar refractivity (Wildman–Crippen MR) is 79.7 cm³/mol. The number of carbonyl (C=O) groups is 1. The van der Waals surface area contributed by atoms with Crippen molar-refractivity contribution in [3.63, 3.8) is 0 Å². The summed E-state index contributed by atoms with van der Waals surface area (Å²) >= 11 is 0. The third-order valence-corrected chi connectivity index (χ3v) is 3.36. The first-order valence-electron chi connectivity index (χ1n) is 6.77. The van der Waals surface area contributed by atoms with E-state index in [0.717, 1.165) is 5.56 Å². The lowest BCUT2D eigenvalue weighted by atomic mass is 9.86. The number of nitrogens with one attached hydrogen (secondary N) is 1. The second-order valence-electron chi connectivity index (χ2n) is 6.01. The van der Waals surface area contributed by atoms with E-state index in [0.29, 0.717) is 0 Å². The lowest BCUT2D eigenvalue weighted by Gasteiger charge is -2.20. The van der Waals surface area contributed by atoms with Gasteiger partial charge in [0.05, 0.1) is 6.04 Å². The molecular formula is C16H21N3O. The van der Waals surface area contributed by atoms with Crippen LogP contribution in [0.1, 0.15) is 44.9 Å². The molecule has 0 aliphatic heterocycles. The summed E-state index contributed by atoms with van der Waals surface area (Å²) in [6, 6.07) is 8.16. The van der Waals surface area contributed by atoms with Gasteiger partial charge in [0.2, 0.25) is 0 Å². The molecule has 0 aliphatic rings. The van der Waals surface area contributed by atoms with Gasteiger partial charge in [0, 0.05) is 12.4 Å². The minimum Gasteiger partial charge on any atom is -0.331 e. The Hall–Kier alpha value is -2.10. The second kappa shape index (κ2) is 5.49. The largest absolute Gasteiger partial charge is 0.331 e. The number of hydrogen-bond acceptors (Lipinski definition) is 2. The number of rotatable bonds is 2. The van der Waals surface area contributed by atoms with Crippen LogP contribution in [0.3, 0.4) is 0 Å². The molecule has 0 aliphatic carbocycles. The summed E-state index contributed by atoms with van der Waals surface area (Å²) in [6.45, 7) is 8.53. The average Bonchev–Trinajstić information content (AvgIpc) is 2.91. The molecule has 0 fully saturated rings. The fourth-order valence-electron chi connectivity index (χ4n) is 1.99. The zero-order chi connectivity index (χ0) is 14.8. The Kier molecular flexibility index (Phi) is 3.93. The van der Waals surface area contributed by atoms with Gasteiger partial charge in [0.1, 0.15) is 6.33 Å². The molecule has 20 heavy (non-hydrogen) atoms. The fraction of sp³-hybridized carbons (Fsp3) is 0.375. The Morgan fingerprint density at radius 2 is 1.90 bits per heavy atom. The minimum atomic E-state index is -0.171. The minimum absolute atomic E-state index is 0.0427. The van der Waals surface area contributed by atoms with Crippen molar-refractivity contribution in [3.05, 3.63) is 54.1 Å². The third kappa shape index (κ3) is 3.26. The van der Waals surface area contributed by atoms with Crippen molar-refractivity contribution in [3.8, 4) is 0 Å². The summed E-state index contributed by atoms with van der Waals surface area (Å²) in [5.74, 6) is 0. The zero-order valence-corrected chi connectivity index (χ0v) is 12.4. The molecule has 106 valence electrons. The first-order chi connectivity index (χ1) is 9.38. The first-order valence-corrected chi connectivity index (χ1v) is 6.77. The number of aromatic nitrogens is 2. The Labute approximate surface area is 119 Å². The van der Waals surface area contributed by atoms with E-state index in [4.69, 9.17) is 0 Å². The van der Waals surface area contributed by atoms with Crippen molar-refractivity contribution < 1.29 is 4.79 Å². The predicted octanol–water partition coefficient (Wildman–Crippen LogP) is 3.50. The van der Waals surface area contributed by atoms with Gasteiger partial charge < -0.3 is 5.32 Å². The molecule has 0 saturated carbocycles. The van der Waals surface area contributed by atoms with Crippen LogP contribution in [0, 0.1) is 0 Å². The van der Waals surface area contributed by atoms with Crippen LogP contribution < -0.4 is 5.32 Å². The molecule has 1 heterocycles. The summed E-state index contributed by atoms with van der Waals surface area (Å²) in [6.07, 6.45) is 4.71. The van der Waals surface area contributed by atoms with Gasteiger partial charge in [0.25, 0.3) is 0 Å².